The normalized spacial score (nSPS) is 10.7. The smallest absolute Gasteiger partial charge is 0.263 e. The maximum Gasteiger partial charge on any atom is 0.263 e. The summed E-state index contributed by atoms with van der Waals surface area (Å²) in [6.07, 6.45) is 1.72. The van der Waals surface area contributed by atoms with Crippen molar-refractivity contribution >= 4 is 16.3 Å². The van der Waals surface area contributed by atoms with Crippen molar-refractivity contribution in [3.05, 3.63) is 64.1 Å². The summed E-state index contributed by atoms with van der Waals surface area (Å²) in [6.45, 7) is 1.95. The molecule has 3 heteroatoms. The third-order valence-corrected chi connectivity index (χ3v) is 3.12. The van der Waals surface area contributed by atoms with Crippen LogP contribution >= 0.6 is 0 Å². The summed E-state index contributed by atoms with van der Waals surface area (Å²) in [4.78, 5) is 12.3. The predicted octanol–water partition coefficient (Wildman–Crippen LogP) is 2.63. The molecule has 0 saturated carbocycles. The van der Waals surface area contributed by atoms with E-state index in [9.17, 15) is 10.1 Å². The Labute approximate surface area is 104 Å². The van der Waals surface area contributed by atoms with Crippen molar-refractivity contribution in [2.24, 2.45) is 0 Å². The number of rotatable bonds is 0. The Hall–Kier alpha value is -2.60. The van der Waals surface area contributed by atoms with Crippen LogP contribution in [-0.4, -0.2) is 4.40 Å². The van der Waals surface area contributed by atoms with Gasteiger partial charge in [0.15, 0.2) is 0 Å². The average Bonchev–Trinajstić information content (AvgIpc) is 2.39. The highest BCUT2D eigenvalue weighted by molar-refractivity contribution is 5.92. The molecule has 0 fully saturated rings. The third-order valence-electron chi connectivity index (χ3n) is 3.12. The Balaban J connectivity index is 2.72. The first-order chi connectivity index (χ1) is 8.72. The van der Waals surface area contributed by atoms with Gasteiger partial charge in [-0.25, -0.2) is 0 Å². The first-order valence-corrected chi connectivity index (χ1v) is 5.66. The molecule has 0 amide bonds. The zero-order valence-corrected chi connectivity index (χ0v) is 9.84. The van der Waals surface area contributed by atoms with Crippen molar-refractivity contribution in [3.8, 4) is 6.07 Å². The molecule has 18 heavy (non-hydrogen) atoms. The summed E-state index contributed by atoms with van der Waals surface area (Å²) in [5, 5.41) is 10.6. The van der Waals surface area contributed by atoms with Crippen LogP contribution in [0.25, 0.3) is 16.3 Å². The summed E-state index contributed by atoms with van der Waals surface area (Å²) in [7, 11) is 0. The van der Waals surface area contributed by atoms with E-state index >= 15 is 0 Å². The van der Waals surface area contributed by atoms with Gasteiger partial charge in [0, 0.05) is 17.0 Å². The summed E-state index contributed by atoms with van der Waals surface area (Å²) >= 11 is 0. The van der Waals surface area contributed by atoms with Crippen LogP contribution in [0.3, 0.4) is 0 Å². The molecule has 1 aromatic carbocycles. The highest BCUT2D eigenvalue weighted by Crippen LogP contribution is 2.20. The quantitative estimate of drug-likeness (QED) is 0.561. The average molecular weight is 234 g/mol. The standard InChI is InChI=1S/C15H10N2O/c1-10-6-7-17-14(8-10)13(9-16)11-4-2-3-5-12(11)15(17)18/h2-8H,1H3. The topological polar surface area (TPSA) is 45.3 Å². The van der Waals surface area contributed by atoms with Gasteiger partial charge in [0.25, 0.3) is 5.56 Å². The lowest BCUT2D eigenvalue weighted by atomic mass is 10.0. The van der Waals surface area contributed by atoms with E-state index in [-0.39, 0.29) is 5.56 Å². The van der Waals surface area contributed by atoms with Crippen molar-refractivity contribution < 1.29 is 0 Å². The minimum atomic E-state index is -0.0837. The number of hydrogen-bond acceptors (Lipinski definition) is 2. The van der Waals surface area contributed by atoms with Crippen LogP contribution in [0.4, 0.5) is 0 Å². The summed E-state index contributed by atoms with van der Waals surface area (Å²) in [5.41, 5.74) is 2.16. The van der Waals surface area contributed by atoms with Gasteiger partial charge >= 0.3 is 0 Å². The maximum absolute atomic E-state index is 12.3. The van der Waals surface area contributed by atoms with E-state index in [1.165, 1.54) is 4.40 Å². The van der Waals surface area contributed by atoms with E-state index in [0.29, 0.717) is 16.5 Å². The summed E-state index contributed by atoms with van der Waals surface area (Å²) in [6, 6.07) is 13.2. The molecule has 2 heterocycles. The Bertz CT molecular complexity index is 869. The van der Waals surface area contributed by atoms with Gasteiger partial charge in [-0.2, -0.15) is 5.26 Å². The molecule has 2 aromatic heterocycles. The Morgan fingerprint density at radius 3 is 2.61 bits per heavy atom. The number of nitriles is 1. The lowest BCUT2D eigenvalue weighted by molar-refractivity contribution is 1.10. The summed E-state index contributed by atoms with van der Waals surface area (Å²) in [5.74, 6) is 0. The molecule has 0 spiro atoms. The number of fused-ring (bicyclic) bond motifs is 2. The molecule has 3 nitrogen and oxygen atoms in total. The third kappa shape index (κ3) is 1.33. The van der Waals surface area contributed by atoms with Gasteiger partial charge in [0.2, 0.25) is 0 Å². The Kier molecular flexibility index (Phi) is 2.17. The molecule has 0 bridgehead atoms. The number of aryl methyl sites for hydroxylation is 1. The van der Waals surface area contributed by atoms with E-state index < -0.39 is 0 Å². The molecule has 0 unspecified atom stereocenters. The van der Waals surface area contributed by atoms with Gasteiger partial charge in [0.1, 0.15) is 6.07 Å². The molecule has 3 aromatic rings. The monoisotopic (exact) mass is 234 g/mol. The second-order valence-electron chi connectivity index (χ2n) is 4.30. The fourth-order valence-electron chi connectivity index (χ4n) is 2.25. The first kappa shape index (κ1) is 10.5. The van der Waals surface area contributed by atoms with E-state index in [0.717, 1.165) is 10.9 Å². The predicted molar refractivity (Wildman–Crippen MR) is 70.6 cm³/mol. The number of pyridine rings is 2. The Morgan fingerprint density at radius 1 is 1.17 bits per heavy atom. The maximum atomic E-state index is 12.3. The zero-order chi connectivity index (χ0) is 12.7. The summed E-state index contributed by atoms with van der Waals surface area (Å²) < 4.78 is 1.54. The molecule has 3 rings (SSSR count). The van der Waals surface area contributed by atoms with E-state index in [2.05, 4.69) is 6.07 Å². The Morgan fingerprint density at radius 2 is 1.89 bits per heavy atom. The molecule has 0 aliphatic heterocycles. The van der Waals surface area contributed by atoms with E-state index in [1.54, 1.807) is 12.3 Å². The highest BCUT2D eigenvalue weighted by atomic mass is 16.1. The van der Waals surface area contributed by atoms with Gasteiger partial charge < -0.3 is 0 Å². The minimum Gasteiger partial charge on any atom is -0.282 e. The molecular weight excluding hydrogens is 224 g/mol. The van der Waals surface area contributed by atoms with Gasteiger partial charge in [-0.15, -0.1) is 0 Å². The number of nitrogens with zero attached hydrogens (tertiary/aromatic N) is 2. The van der Waals surface area contributed by atoms with Crippen molar-refractivity contribution in [2.45, 2.75) is 6.92 Å². The highest BCUT2D eigenvalue weighted by Gasteiger charge is 2.10. The van der Waals surface area contributed by atoms with Crippen LogP contribution in [-0.2, 0) is 0 Å². The zero-order valence-electron chi connectivity index (χ0n) is 9.84. The lowest BCUT2D eigenvalue weighted by Gasteiger charge is -2.07. The SMILES string of the molecule is Cc1ccn2c(=O)c3ccccc3c(C#N)c2c1. The largest absolute Gasteiger partial charge is 0.282 e. The van der Waals surface area contributed by atoms with Crippen LogP contribution < -0.4 is 5.56 Å². The number of benzene rings is 1. The molecule has 86 valence electrons. The fourth-order valence-corrected chi connectivity index (χ4v) is 2.25. The molecule has 0 atom stereocenters. The molecule has 0 aliphatic carbocycles. The van der Waals surface area contributed by atoms with Crippen molar-refractivity contribution in [2.75, 3.05) is 0 Å². The number of hydrogen-bond donors (Lipinski definition) is 0. The van der Waals surface area contributed by atoms with Gasteiger partial charge in [-0.05, 0) is 30.7 Å². The van der Waals surface area contributed by atoms with E-state index in [4.69, 9.17) is 0 Å². The minimum absolute atomic E-state index is 0.0837. The van der Waals surface area contributed by atoms with Crippen LogP contribution in [0.1, 0.15) is 11.1 Å². The molecular formula is C15H10N2O. The van der Waals surface area contributed by atoms with Crippen LogP contribution in [0.2, 0.25) is 0 Å². The number of aromatic nitrogens is 1. The fraction of sp³-hybridized carbons (Fsp3) is 0.0667. The molecule has 0 radical (unpaired) electrons. The van der Waals surface area contributed by atoms with Crippen LogP contribution in [0.5, 0.6) is 0 Å². The first-order valence-electron chi connectivity index (χ1n) is 5.66. The van der Waals surface area contributed by atoms with E-state index in [1.807, 2.05) is 37.3 Å². The molecule has 0 aliphatic rings. The van der Waals surface area contributed by atoms with Crippen molar-refractivity contribution in [1.29, 1.82) is 5.26 Å². The van der Waals surface area contributed by atoms with Crippen LogP contribution in [0.15, 0.2) is 47.4 Å². The lowest BCUT2D eigenvalue weighted by Crippen LogP contribution is -2.15. The van der Waals surface area contributed by atoms with Crippen LogP contribution in [0, 0.1) is 18.3 Å². The molecule has 0 N–H and O–H groups in total. The second kappa shape index (κ2) is 3.71. The van der Waals surface area contributed by atoms with Gasteiger partial charge in [0.05, 0.1) is 11.1 Å². The van der Waals surface area contributed by atoms with Crippen molar-refractivity contribution in [3.63, 3.8) is 0 Å². The second-order valence-corrected chi connectivity index (χ2v) is 4.30. The van der Waals surface area contributed by atoms with Gasteiger partial charge in [-0.1, -0.05) is 18.2 Å². The molecule has 0 saturated heterocycles. The van der Waals surface area contributed by atoms with Crippen molar-refractivity contribution in [1.82, 2.24) is 4.40 Å². The van der Waals surface area contributed by atoms with Gasteiger partial charge in [-0.3, -0.25) is 9.20 Å².